The van der Waals surface area contributed by atoms with E-state index in [1.54, 1.807) is 17.0 Å². The van der Waals surface area contributed by atoms with Crippen LogP contribution in [0.15, 0.2) is 29.2 Å². The number of rotatable bonds is 8. The maximum absolute atomic E-state index is 12.7. The Hall–Kier alpha value is -0.950. The van der Waals surface area contributed by atoms with Crippen LogP contribution in [0.3, 0.4) is 0 Å². The van der Waals surface area contributed by atoms with Crippen molar-refractivity contribution in [1.29, 1.82) is 0 Å². The van der Waals surface area contributed by atoms with Crippen LogP contribution in [0.2, 0.25) is 0 Å². The molecule has 0 aliphatic rings. The molecule has 0 radical (unpaired) electrons. The summed E-state index contributed by atoms with van der Waals surface area (Å²) in [4.78, 5) is 2.12. The fraction of sp³-hybridized carbons (Fsp3) is 0.625. The molecule has 22 heavy (non-hydrogen) atoms. The third kappa shape index (κ3) is 5.35. The molecule has 5 nitrogen and oxygen atoms in total. The summed E-state index contributed by atoms with van der Waals surface area (Å²) in [6, 6.07) is 7.09. The quantitative estimate of drug-likeness (QED) is 0.745. The van der Waals surface area contributed by atoms with Gasteiger partial charge >= 0.3 is 0 Å². The van der Waals surface area contributed by atoms with Gasteiger partial charge in [0.15, 0.2) is 9.84 Å². The molecular formula is C16H27NO4S. The highest BCUT2D eigenvalue weighted by Crippen LogP contribution is 2.29. The number of aliphatic hydroxyl groups is 2. The minimum absolute atomic E-state index is 0.0277. The predicted octanol–water partition coefficient (Wildman–Crippen LogP) is 1.04. The summed E-state index contributed by atoms with van der Waals surface area (Å²) < 4.78 is 25.3. The van der Waals surface area contributed by atoms with Crippen LogP contribution in [0.1, 0.15) is 26.3 Å². The molecule has 0 aliphatic heterocycles. The van der Waals surface area contributed by atoms with E-state index in [0.717, 1.165) is 5.56 Å². The molecule has 2 N–H and O–H groups in total. The van der Waals surface area contributed by atoms with E-state index >= 15 is 0 Å². The summed E-state index contributed by atoms with van der Waals surface area (Å²) in [5.41, 5.74) is 0.561. The monoisotopic (exact) mass is 329 g/mol. The van der Waals surface area contributed by atoms with Crippen LogP contribution in [0.25, 0.3) is 0 Å². The largest absolute Gasteiger partial charge is 0.395 e. The topological polar surface area (TPSA) is 77.8 Å². The Kier molecular flexibility index (Phi) is 6.99. The lowest BCUT2D eigenvalue weighted by atomic mass is 9.87. The standard InChI is InChI=1S/C16H27NO4S/c1-16(2,3)14-6-4-5-7-15(14)22(20,21)13-10-17(8-11-18)9-12-19/h4-7,18-19H,8-13H2,1-3H3. The van der Waals surface area contributed by atoms with Gasteiger partial charge in [-0.3, -0.25) is 4.90 Å². The SMILES string of the molecule is CC(C)(C)c1ccccc1S(=O)(=O)CCN(CCO)CCO. The lowest BCUT2D eigenvalue weighted by molar-refractivity contribution is 0.167. The molecule has 1 rings (SSSR count). The molecule has 0 heterocycles. The maximum atomic E-state index is 12.7. The van der Waals surface area contributed by atoms with Crippen molar-refractivity contribution in [3.8, 4) is 0 Å². The Morgan fingerprint density at radius 1 is 1.00 bits per heavy atom. The van der Waals surface area contributed by atoms with Crippen LogP contribution in [0.4, 0.5) is 0 Å². The van der Waals surface area contributed by atoms with Gasteiger partial charge in [0.2, 0.25) is 0 Å². The Bertz CT molecular complexity index is 558. The molecule has 0 bridgehead atoms. The molecular weight excluding hydrogens is 302 g/mol. The van der Waals surface area contributed by atoms with E-state index in [1.807, 2.05) is 32.9 Å². The Balaban J connectivity index is 2.96. The summed E-state index contributed by atoms with van der Waals surface area (Å²) in [5.74, 6) is -0.0277. The van der Waals surface area contributed by atoms with Crippen LogP contribution in [0.5, 0.6) is 0 Å². The number of sulfone groups is 1. The van der Waals surface area contributed by atoms with E-state index in [9.17, 15) is 8.42 Å². The minimum Gasteiger partial charge on any atom is -0.395 e. The molecule has 0 aromatic heterocycles. The van der Waals surface area contributed by atoms with Gasteiger partial charge < -0.3 is 10.2 Å². The smallest absolute Gasteiger partial charge is 0.179 e. The fourth-order valence-electron chi connectivity index (χ4n) is 2.33. The molecule has 0 saturated carbocycles. The molecule has 0 aliphatic carbocycles. The highest BCUT2D eigenvalue weighted by molar-refractivity contribution is 7.91. The molecule has 0 spiro atoms. The van der Waals surface area contributed by atoms with Gasteiger partial charge in [0.05, 0.1) is 23.9 Å². The van der Waals surface area contributed by atoms with Crippen molar-refractivity contribution in [2.75, 3.05) is 38.6 Å². The van der Waals surface area contributed by atoms with E-state index in [-0.39, 0.29) is 24.4 Å². The molecule has 6 heteroatoms. The fourth-order valence-corrected chi connectivity index (χ4v) is 4.05. The van der Waals surface area contributed by atoms with E-state index in [4.69, 9.17) is 10.2 Å². The Morgan fingerprint density at radius 2 is 1.55 bits per heavy atom. The van der Waals surface area contributed by atoms with Gasteiger partial charge in [0.1, 0.15) is 0 Å². The summed E-state index contributed by atoms with van der Waals surface area (Å²) in [7, 11) is -3.41. The van der Waals surface area contributed by atoms with E-state index in [0.29, 0.717) is 24.5 Å². The van der Waals surface area contributed by atoms with Crippen LogP contribution < -0.4 is 0 Å². The molecule has 0 saturated heterocycles. The van der Waals surface area contributed by atoms with Gasteiger partial charge in [-0.25, -0.2) is 8.42 Å². The van der Waals surface area contributed by atoms with Gasteiger partial charge in [0, 0.05) is 19.6 Å². The lowest BCUT2D eigenvalue weighted by Gasteiger charge is -2.24. The zero-order valence-electron chi connectivity index (χ0n) is 13.6. The first kappa shape index (κ1) is 19.1. The van der Waals surface area contributed by atoms with Crippen LogP contribution in [-0.2, 0) is 15.3 Å². The third-order valence-corrected chi connectivity index (χ3v) is 5.28. The molecule has 0 amide bonds. The lowest BCUT2D eigenvalue weighted by Crippen LogP contribution is -2.34. The highest BCUT2D eigenvalue weighted by Gasteiger charge is 2.25. The molecule has 0 unspecified atom stereocenters. The molecule has 1 aromatic rings. The van der Waals surface area contributed by atoms with Gasteiger partial charge in [-0.1, -0.05) is 39.0 Å². The molecule has 1 aromatic carbocycles. The van der Waals surface area contributed by atoms with Gasteiger partial charge in [-0.15, -0.1) is 0 Å². The molecule has 0 fully saturated rings. The summed E-state index contributed by atoms with van der Waals surface area (Å²) in [6.45, 7) is 6.87. The zero-order valence-corrected chi connectivity index (χ0v) is 14.4. The van der Waals surface area contributed by atoms with Crippen molar-refractivity contribution in [2.24, 2.45) is 0 Å². The molecule has 0 atom stereocenters. The van der Waals surface area contributed by atoms with Crippen LogP contribution in [-0.4, -0.2) is 62.1 Å². The van der Waals surface area contributed by atoms with Crippen molar-refractivity contribution >= 4 is 9.84 Å². The number of hydrogen-bond acceptors (Lipinski definition) is 5. The van der Waals surface area contributed by atoms with Crippen LogP contribution >= 0.6 is 0 Å². The van der Waals surface area contributed by atoms with E-state index in [1.165, 1.54) is 0 Å². The van der Waals surface area contributed by atoms with Crippen molar-refractivity contribution in [3.05, 3.63) is 29.8 Å². The van der Waals surface area contributed by atoms with Crippen molar-refractivity contribution in [1.82, 2.24) is 4.90 Å². The Labute approximate surface area is 133 Å². The normalized spacial score (nSPS) is 12.8. The number of nitrogens with zero attached hydrogens (tertiary/aromatic N) is 1. The van der Waals surface area contributed by atoms with Gasteiger partial charge in [-0.05, 0) is 17.0 Å². The molecule has 126 valence electrons. The summed E-state index contributed by atoms with van der Waals surface area (Å²) >= 11 is 0. The van der Waals surface area contributed by atoms with Gasteiger partial charge in [-0.2, -0.15) is 0 Å². The van der Waals surface area contributed by atoms with Crippen LogP contribution in [0, 0.1) is 0 Å². The average Bonchev–Trinajstić information content (AvgIpc) is 2.44. The number of hydrogen-bond donors (Lipinski definition) is 2. The van der Waals surface area contributed by atoms with E-state index < -0.39 is 9.84 Å². The zero-order chi connectivity index (χ0) is 16.8. The predicted molar refractivity (Wildman–Crippen MR) is 87.8 cm³/mol. The number of aliphatic hydroxyl groups excluding tert-OH is 2. The average molecular weight is 329 g/mol. The second-order valence-corrected chi connectivity index (χ2v) is 8.43. The van der Waals surface area contributed by atoms with Crippen molar-refractivity contribution in [2.45, 2.75) is 31.1 Å². The second-order valence-electron chi connectivity index (χ2n) is 6.35. The second kappa shape index (κ2) is 8.06. The minimum atomic E-state index is -3.41. The summed E-state index contributed by atoms with van der Waals surface area (Å²) in [6.07, 6.45) is 0. The van der Waals surface area contributed by atoms with Crippen molar-refractivity contribution < 1.29 is 18.6 Å². The third-order valence-electron chi connectivity index (χ3n) is 3.54. The maximum Gasteiger partial charge on any atom is 0.179 e. The Morgan fingerprint density at radius 3 is 2.05 bits per heavy atom. The first-order valence-corrected chi connectivity index (χ1v) is 9.14. The van der Waals surface area contributed by atoms with E-state index in [2.05, 4.69) is 0 Å². The summed E-state index contributed by atoms with van der Waals surface area (Å²) in [5, 5.41) is 18.0. The highest BCUT2D eigenvalue weighted by atomic mass is 32.2. The first-order valence-electron chi connectivity index (χ1n) is 7.48. The van der Waals surface area contributed by atoms with Crippen molar-refractivity contribution in [3.63, 3.8) is 0 Å². The first-order chi connectivity index (χ1) is 10.2. The number of benzene rings is 1. The van der Waals surface area contributed by atoms with Gasteiger partial charge in [0.25, 0.3) is 0 Å².